The van der Waals surface area contributed by atoms with Crippen molar-refractivity contribution >= 4 is 17.6 Å². The van der Waals surface area contributed by atoms with Crippen molar-refractivity contribution in [2.75, 3.05) is 13.7 Å². The van der Waals surface area contributed by atoms with Gasteiger partial charge in [-0.2, -0.15) is 5.10 Å². The van der Waals surface area contributed by atoms with E-state index in [4.69, 9.17) is 16.3 Å². The van der Waals surface area contributed by atoms with Gasteiger partial charge in [0.2, 0.25) is 0 Å². The molecule has 3 unspecified atom stereocenters. The Morgan fingerprint density at radius 1 is 1.39 bits per heavy atom. The van der Waals surface area contributed by atoms with Crippen LogP contribution in [0.1, 0.15) is 42.9 Å². The molecular formula is C20H27ClN6O. The Balaban J connectivity index is 1.35. The first-order valence-electron chi connectivity index (χ1n) is 9.90. The molecule has 1 aliphatic carbocycles. The fourth-order valence-corrected chi connectivity index (χ4v) is 3.99. The monoisotopic (exact) mass is 402 g/mol. The lowest BCUT2D eigenvalue weighted by Gasteiger charge is -2.25. The number of aliphatic imine (C=N–C) groups is 1. The van der Waals surface area contributed by atoms with Crippen LogP contribution in [0, 0.1) is 0 Å². The molecule has 2 N–H and O–H groups in total. The van der Waals surface area contributed by atoms with Crippen LogP contribution in [-0.4, -0.2) is 46.5 Å². The van der Waals surface area contributed by atoms with Crippen molar-refractivity contribution in [1.82, 2.24) is 25.4 Å². The predicted octanol–water partition coefficient (Wildman–Crippen LogP) is 2.50. The number of guanidine groups is 1. The van der Waals surface area contributed by atoms with Crippen molar-refractivity contribution in [2.24, 2.45) is 4.99 Å². The summed E-state index contributed by atoms with van der Waals surface area (Å²) in [6, 6.07) is 8.82. The second kappa shape index (κ2) is 8.49. The van der Waals surface area contributed by atoms with E-state index in [1.807, 2.05) is 16.8 Å². The Labute approximate surface area is 170 Å². The average Bonchev–Trinajstić information content (AvgIpc) is 3.32. The number of benzene rings is 1. The molecule has 0 amide bonds. The molecule has 150 valence electrons. The van der Waals surface area contributed by atoms with Crippen molar-refractivity contribution in [2.45, 2.75) is 57.3 Å². The van der Waals surface area contributed by atoms with Gasteiger partial charge in [-0.1, -0.05) is 23.7 Å². The van der Waals surface area contributed by atoms with Gasteiger partial charge >= 0.3 is 0 Å². The Bertz CT molecular complexity index is 851. The third-order valence-electron chi connectivity index (χ3n) is 5.22. The number of hydrogen-bond acceptors (Lipinski definition) is 4. The van der Waals surface area contributed by atoms with E-state index >= 15 is 0 Å². The summed E-state index contributed by atoms with van der Waals surface area (Å²) in [5.74, 6) is 3.16. The SMILES string of the molecule is CCN=C(NC1CCc2nc(COC)nn2C1)NC1CC1c1cccc(Cl)c1. The normalized spacial score (nSPS) is 24.0. The summed E-state index contributed by atoms with van der Waals surface area (Å²) in [5.41, 5.74) is 1.29. The third-order valence-corrected chi connectivity index (χ3v) is 5.46. The number of nitrogens with zero attached hydrogens (tertiary/aromatic N) is 4. The molecule has 1 fully saturated rings. The number of aromatic nitrogens is 3. The van der Waals surface area contributed by atoms with Crippen molar-refractivity contribution in [3.8, 4) is 0 Å². The maximum atomic E-state index is 6.13. The van der Waals surface area contributed by atoms with Crippen molar-refractivity contribution < 1.29 is 4.74 Å². The molecular weight excluding hydrogens is 376 g/mol. The molecule has 2 heterocycles. The molecule has 0 spiro atoms. The van der Waals surface area contributed by atoms with Crippen LogP contribution < -0.4 is 10.6 Å². The largest absolute Gasteiger partial charge is 0.377 e. The van der Waals surface area contributed by atoms with Gasteiger partial charge in [0, 0.05) is 43.1 Å². The molecule has 2 aromatic rings. The fourth-order valence-electron chi connectivity index (χ4n) is 3.79. The van der Waals surface area contributed by atoms with Crippen LogP contribution in [0.25, 0.3) is 0 Å². The van der Waals surface area contributed by atoms with Crippen LogP contribution in [0.5, 0.6) is 0 Å². The van der Waals surface area contributed by atoms with E-state index in [2.05, 4.69) is 44.8 Å². The third kappa shape index (κ3) is 4.47. The van der Waals surface area contributed by atoms with E-state index in [-0.39, 0.29) is 6.04 Å². The molecule has 0 radical (unpaired) electrons. The van der Waals surface area contributed by atoms with E-state index in [0.717, 1.165) is 55.0 Å². The molecule has 7 nitrogen and oxygen atoms in total. The predicted molar refractivity (Wildman–Crippen MR) is 110 cm³/mol. The number of aryl methyl sites for hydroxylation is 1. The van der Waals surface area contributed by atoms with Gasteiger partial charge in [-0.15, -0.1) is 0 Å². The molecule has 1 aromatic heterocycles. The molecule has 3 atom stereocenters. The first-order chi connectivity index (χ1) is 13.7. The van der Waals surface area contributed by atoms with Gasteiger partial charge in [0.05, 0.1) is 6.54 Å². The van der Waals surface area contributed by atoms with Gasteiger partial charge in [0.25, 0.3) is 0 Å². The topological polar surface area (TPSA) is 76.4 Å². The first kappa shape index (κ1) is 19.2. The van der Waals surface area contributed by atoms with E-state index in [0.29, 0.717) is 18.6 Å². The van der Waals surface area contributed by atoms with Crippen molar-refractivity contribution in [1.29, 1.82) is 0 Å². The highest BCUT2D eigenvalue weighted by Gasteiger charge is 2.39. The zero-order valence-electron chi connectivity index (χ0n) is 16.4. The standard InChI is InChI=1S/C20H27ClN6O/c1-3-22-20(24-17-10-16(17)13-5-4-6-14(21)9-13)23-15-7-8-19-25-18(12-28-2)26-27(19)11-15/h4-6,9,15-17H,3,7-8,10-12H2,1-2H3,(H2,22,23,24). The zero-order chi connectivity index (χ0) is 19.5. The summed E-state index contributed by atoms with van der Waals surface area (Å²) in [4.78, 5) is 9.18. The van der Waals surface area contributed by atoms with E-state index < -0.39 is 0 Å². The van der Waals surface area contributed by atoms with Crippen LogP contribution in [0.15, 0.2) is 29.3 Å². The number of methoxy groups -OCH3 is 1. The lowest BCUT2D eigenvalue weighted by molar-refractivity contribution is 0.177. The molecule has 8 heteroatoms. The van der Waals surface area contributed by atoms with Crippen molar-refractivity contribution in [3.05, 3.63) is 46.5 Å². The van der Waals surface area contributed by atoms with Gasteiger partial charge < -0.3 is 15.4 Å². The highest BCUT2D eigenvalue weighted by molar-refractivity contribution is 6.30. The Morgan fingerprint density at radius 2 is 2.29 bits per heavy atom. The minimum atomic E-state index is 0.283. The quantitative estimate of drug-likeness (QED) is 0.573. The molecule has 1 aliphatic heterocycles. The maximum absolute atomic E-state index is 6.13. The smallest absolute Gasteiger partial charge is 0.191 e. The minimum absolute atomic E-state index is 0.283. The number of halogens is 1. The molecule has 1 aromatic carbocycles. The van der Waals surface area contributed by atoms with E-state index in [9.17, 15) is 0 Å². The fraction of sp³-hybridized carbons (Fsp3) is 0.550. The van der Waals surface area contributed by atoms with Crippen LogP contribution in [0.3, 0.4) is 0 Å². The summed E-state index contributed by atoms with van der Waals surface area (Å²) in [6.45, 7) is 4.04. The Morgan fingerprint density at radius 3 is 3.07 bits per heavy atom. The number of fused-ring (bicyclic) bond motifs is 1. The number of ether oxygens (including phenoxy) is 1. The highest BCUT2D eigenvalue weighted by atomic mass is 35.5. The minimum Gasteiger partial charge on any atom is -0.377 e. The first-order valence-corrected chi connectivity index (χ1v) is 10.3. The summed E-state index contributed by atoms with van der Waals surface area (Å²) in [7, 11) is 1.66. The summed E-state index contributed by atoms with van der Waals surface area (Å²) in [5, 5.41) is 12.5. The second-order valence-corrected chi connectivity index (χ2v) is 7.85. The lowest BCUT2D eigenvalue weighted by atomic mass is 10.1. The molecule has 28 heavy (non-hydrogen) atoms. The van der Waals surface area contributed by atoms with Gasteiger partial charge in [0.15, 0.2) is 11.8 Å². The number of hydrogen-bond donors (Lipinski definition) is 2. The molecule has 0 saturated heterocycles. The summed E-state index contributed by atoms with van der Waals surface area (Å²) in [6.07, 6.45) is 3.02. The van der Waals surface area contributed by atoms with Crippen LogP contribution in [0.2, 0.25) is 5.02 Å². The second-order valence-electron chi connectivity index (χ2n) is 7.41. The Hall–Kier alpha value is -2.12. The maximum Gasteiger partial charge on any atom is 0.191 e. The van der Waals surface area contributed by atoms with Gasteiger partial charge in [-0.05, 0) is 37.5 Å². The molecule has 1 saturated carbocycles. The Kier molecular flexibility index (Phi) is 5.82. The van der Waals surface area contributed by atoms with Crippen LogP contribution in [-0.2, 0) is 24.3 Å². The summed E-state index contributed by atoms with van der Waals surface area (Å²) < 4.78 is 7.13. The van der Waals surface area contributed by atoms with Gasteiger partial charge in [0.1, 0.15) is 12.4 Å². The summed E-state index contributed by atoms with van der Waals surface area (Å²) >= 11 is 6.13. The van der Waals surface area contributed by atoms with Gasteiger partial charge in [-0.3, -0.25) is 4.99 Å². The highest BCUT2D eigenvalue weighted by Crippen LogP contribution is 2.41. The molecule has 0 bridgehead atoms. The lowest BCUT2D eigenvalue weighted by Crippen LogP contribution is -2.48. The average molecular weight is 403 g/mol. The van der Waals surface area contributed by atoms with E-state index in [1.165, 1.54) is 5.56 Å². The number of nitrogens with one attached hydrogen (secondary N) is 2. The van der Waals surface area contributed by atoms with E-state index in [1.54, 1.807) is 7.11 Å². The molecule has 4 rings (SSSR count). The molecule has 2 aliphatic rings. The number of rotatable bonds is 6. The van der Waals surface area contributed by atoms with Gasteiger partial charge in [-0.25, -0.2) is 9.67 Å². The van der Waals surface area contributed by atoms with Crippen LogP contribution >= 0.6 is 11.6 Å². The van der Waals surface area contributed by atoms with Crippen LogP contribution in [0.4, 0.5) is 0 Å². The zero-order valence-corrected chi connectivity index (χ0v) is 17.1. The van der Waals surface area contributed by atoms with Crippen molar-refractivity contribution in [3.63, 3.8) is 0 Å².